The van der Waals surface area contributed by atoms with Gasteiger partial charge in [-0.05, 0) is 63.1 Å². The van der Waals surface area contributed by atoms with E-state index in [1.54, 1.807) is 6.08 Å². The van der Waals surface area contributed by atoms with E-state index in [2.05, 4.69) is 33.4 Å². The first kappa shape index (κ1) is 25.1. The average molecular weight is 523 g/mol. The lowest BCUT2D eigenvalue weighted by Gasteiger charge is -2.18. The van der Waals surface area contributed by atoms with Crippen molar-refractivity contribution < 1.29 is 9.53 Å². The molecule has 4 aromatic rings. The van der Waals surface area contributed by atoms with Crippen molar-refractivity contribution in [1.29, 1.82) is 0 Å². The van der Waals surface area contributed by atoms with Crippen molar-refractivity contribution in [3.8, 4) is 22.6 Å². The zero-order valence-corrected chi connectivity index (χ0v) is 22.5. The number of nitrogens with two attached hydrogens (primary N) is 1. The summed E-state index contributed by atoms with van der Waals surface area (Å²) in [6.07, 6.45) is 8.62. The third-order valence-corrected chi connectivity index (χ3v) is 7.84. The molecule has 1 aliphatic carbocycles. The Kier molecular flexibility index (Phi) is 6.79. The van der Waals surface area contributed by atoms with Crippen LogP contribution >= 0.6 is 0 Å². The van der Waals surface area contributed by atoms with Gasteiger partial charge in [-0.1, -0.05) is 36.4 Å². The maximum Gasteiger partial charge on any atom is 0.246 e. The van der Waals surface area contributed by atoms with Gasteiger partial charge in [0.05, 0.1) is 11.4 Å². The molecule has 39 heavy (non-hydrogen) atoms. The number of para-hydroxylation sites is 1. The molecule has 1 amide bonds. The highest BCUT2D eigenvalue weighted by atomic mass is 16.5. The van der Waals surface area contributed by atoms with Gasteiger partial charge in [-0.3, -0.25) is 9.69 Å². The minimum Gasteiger partial charge on any atom is -0.457 e. The fourth-order valence-corrected chi connectivity index (χ4v) is 5.63. The second kappa shape index (κ2) is 10.5. The zero-order valence-electron chi connectivity index (χ0n) is 22.5. The fraction of sp³-hybridized carbons (Fsp3) is 0.323. The SMILES string of the molecule is Cc1c(-c2ccc(Oc3ccccc3)cc2)c2c(N)ncnc2n1C1CCN(C(=O)C=CCN(C)C2CC2)C1. The predicted molar refractivity (Wildman–Crippen MR) is 154 cm³/mol. The number of amides is 1. The molecule has 1 saturated carbocycles. The number of nitrogens with zero attached hydrogens (tertiary/aromatic N) is 5. The van der Waals surface area contributed by atoms with Crippen molar-refractivity contribution in [3.63, 3.8) is 0 Å². The Morgan fingerprint density at radius 3 is 2.56 bits per heavy atom. The molecule has 2 N–H and O–H groups in total. The Morgan fingerprint density at radius 2 is 1.82 bits per heavy atom. The number of hydrogen-bond donors (Lipinski definition) is 1. The standard InChI is InChI=1S/C31H34N6O2/c1-21-28(22-10-14-26(15-11-22)39-25-7-4-3-5-8-25)29-30(32)33-20-34-31(29)37(21)24-16-18-36(19-24)27(38)9-6-17-35(2)23-12-13-23/h3-11,14-15,20,23-24H,12-13,16-19H2,1-2H3,(H2,32,33,34). The number of fused-ring (bicyclic) bond motifs is 1. The second-order valence-corrected chi connectivity index (χ2v) is 10.5. The van der Waals surface area contributed by atoms with Crippen LogP contribution in [0, 0.1) is 6.92 Å². The van der Waals surface area contributed by atoms with Gasteiger partial charge in [0.2, 0.25) is 5.91 Å². The van der Waals surface area contributed by atoms with Crippen LogP contribution in [0.5, 0.6) is 11.5 Å². The molecule has 8 heteroatoms. The first-order chi connectivity index (χ1) is 19.0. The van der Waals surface area contributed by atoms with E-state index in [1.807, 2.05) is 65.6 Å². The lowest BCUT2D eigenvalue weighted by molar-refractivity contribution is -0.125. The summed E-state index contributed by atoms with van der Waals surface area (Å²) < 4.78 is 8.23. The number of rotatable bonds is 8. The Hall–Kier alpha value is -4.17. The molecular weight excluding hydrogens is 488 g/mol. The number of benzene rings is 2. The highest BCUT2D eigenvalue weighted by molar-refractivity contribution is 6.02. The predicted octanol–water partition coefficient (Wildman–Crippen LogP) is 5.21. The van der Waals surface area contributed by atoms with Crippen LogP contribution in [0.3, 0.4) is 0 Å². The van der Waals surface area contributed by atoms with E-state index in [0.29, 0.717) is 24.9 Å². The van der Waals surface area contributed by atoms with Crippen molar-refractivity contribution in [1.82, 2.24) is 24.3 Å². The van der Waals surface area contributed by atoms with E-state index >= 15 is 0 Å². The summed E-state index contributed by atoms with van der Waals surface area (Å²) >= 11 is 0. The third-order valence-electron chi connectivity index (χ3n) is 7.84. The van der Waals surface area contributed by atoms with Gasteiger partial charge in [0, 0.05) is 43.0 Å². The number of anilines is 1. The minimum absolute atomic E-state index is 0.0687. The van der Waals surface area contributed by atoms with Crippen molar-refractivity contribution in [2.45, 2.75) is 38.3 Å². The second-order valence-electron chi connectivity index (χ2n) is 10.5. The van der Waals surface area contributed by atoms with Crippen molar-refractivity contribution in [2.24, 2.45) is 0 Å². The average Bonchev–Trinajstić information content (AvgIpc) is 3.61. The van der Waals surface area contributed by atoms with Crippen LogP contribution in [0.2, 0.25) is 0 Å². The Balaban J connectivity index is 1.25. The van der Waals surface area contributed by atoms with E-state index in [1.165, 1.54) is 19.2 Å². The molecule has 2 aliphatic rings. The largest absolute Gasteiger partial charge is 0.457 e. The molecule has 0 radical (unpaired) electrons. The molecule has 2 aromatic carbocycles. The summed E-state index contributed by atoms with van der Waals surface area (Å²) in [6, 6.07) is 18.6. The number of carbonyl (C=O) groups excluding carboxylic acids is 1. The molecule has 200 valence electrons. The molecule has 0 spiro atoms. The molecule has 2 fully saturated rings. The summed E-state index contributed by atoms with van der Waals surface area (Å²) in [6.45, 7) is 4.26. The number of likely N-dealkylation sites (N-methyl/N-ethyl adjacent to an activating group) is 1. The summed E-state index contributed by atoms with van der Waals surface area (Å²) in [7, 11) is 2.12. The number of ether oxygens (including phenoxy) is 1. The van der Waals surface area contributed by atoms with Gasteiger partial charge in [-0.25, -0.2) is 9.97 Å². The topological polar surface area (TPSA) is 89.5 Å². The number of aromatic nitrogens is 3. The Bertz CT molecular complexity index is 1510. The molecule has 8 nitrogen and oxygen atoms in total. The van der Waals surface area contributed by atoms with E-state index in [-0.39, 0.29) is 11.9 Å². The number of carbonyl (C=O) groups is 1. The van der Waals surface area contributed by atoms with Crippen LogP contribution in [0.1, 0.15) is 31.0 Å². The van der Waals surface area contributed by atoms with Gasteiger partial charge < -0.3 is 19.9 Å². The van der Waals surface area contributed by atoms with E-state index in [9.17, 15) is 4.79 Å². The first-order valence-corrected chi connectivity index (χ1v) is 13.6. The van der Waals surface area contributed by atoms with Gasteiger partial charge in [0.15, 0.2) is 0 Å². The lowest BCUT2D eigenvalue weighted by atomic mass is 10.0. The third kappa shape index (κ3) is 5.12. The van der Waals surface area contributed by atoms with Gasteiger partial charge >= 0.3 is 0 Å². The van der Waals surface area contributed by atoms with Crippen LogP contribution in [0.25, 0.3) is 22.2 Å². The molecule has 6 rings (SSSR count). The minimum atomic E-state index is 0.0687. The van der Waals surface area contributed by atoms with E-state index < -0.39 is 0 Å². The first-order valence-electron chi connectivity index (χ1n) is 13.6. The summed E-state index contributed by atoms with van der Waals surface area (Å²) in [5.41, 5.74) is 10.3. The number of hydrogen-bond acceptors (Lipinski definition) is 6. The quantitative estimate of drug-likeness (QED) is 0.320. The highest BCUT2D eigenvalue weighted by Crippen LogP contribution is 2.40. The van der Waals surface area contributed by atoms with Gasteiger partial charge in [0.25, 0.3) is 0 Å². The smallest absolute Gasteiger partial charge is 0.246 e. The molecule has 1 aliphatic heterocycles. The van der Waals surface area contributed by atoms with Gasteiger partial charge in [-0.2, -0.15) is 0 Å². The molecule has 1 saturated heterocycles. The monoisotopic (exact) mass is 522 g/mol. The highest BCUT2D eigenvalue weighted by Gasteiger charge is 2.31. The van der Waals surface area contributed by atoms with Crippen molar-refractivity contribution in [3.05, 3.63) is 78.8 Å². The van der Waals surface area contributed by atoms with Crippen LogP contribution in [-0.2, 0) is 4.79 Å². The molecule has 1 unspecified atom stereocenters. The molecule has 2 aromatic heterocycles. The summed E-state index contributed by atoms with van der Waals surface area (Å²) in [5, 5.41) is 0.847. The number of nitrogen functional groups attached to an aromatic ring is 1. The van der Waals surface area contributed by atoms with Crippen LogP contribution in [0.4, 0.5) is 5.82 Å². The van der Waals surface area contributed by atoms with Gasteiger partial charge in [-0.15, -0.1) is 0 Å². The van der Waals surface area contributed by atoms with Crippen LogP contribution in [-0.4, -0.2) is 63.0 Å². The lowest BCUT2D eigenvalue weighted by Crippen LogP contribution is -2.28. The summed E-state index contributed by atoms with van der Waals surface area (Å²) in [5.74, 6) is 2.08. The maximum atomic E-state index is 12.9. The van der Waals surface area contributed by atoms with Crippen LogP contribution in [0.15, 0.2) is 73.1 Å². The Morgan fingerprint density at radius 1 is 1.08 bits per heavy atom. The Labute approximate surface area is 228 Å². The van der Waals surface area contributed by atoms with Gasteiger partial charge in [0.1, 0.15) is 29.3 Å². The van der Waals surface area contributed by atoms with Crippen molar-refractivity contribution >= 4 is 22.8 Å². The molecule has 1 atom stereocenters. The van der Waals surface area contributed by atoms with Crippen molar-refractivity contribution in [2.75, 3.05) is 32.4 Å². The maximum absolute atomic E-state index is 12.9. The number of likely N-dealkylation sites (tertiary alicyclic amines) is 1. The van der Waals surface area contributed by atoms with E-state index in [0.717, 1.165) is 52.3 Å². The zero-order chi connectivity index (χ0) is 26.9. The van der Waals surface area contributed by atoms with Crippen LogP contribution < -0.4 is 10.5 Å². The molecular formula is C31H34N6O2. The summed E-state index contributed by atoms with van der Waals surface area (Å²) in [4.78, 5) is 26.1. The van der Waals surface area contributed by atoms with E-state index in [4.69, 9.17) is 10.5 Å². The fourth-order valence-electron chi connectivity index (χ4n) is 5.63. The normalized spacial score (nSPS) is 17.5. The molecule has 0 bridgehead atoms. The molecule has 3 heterocycles.